The van der Waals surface area contributed by atoms with Crippen molar-refractivity contribution in [3.63, 3.8) is 0 Å². The van der Waals surface area contributed by atoms with Crippen LogP contribution in [0, 0.1) is 0 Å². The van der Waals surface area contributed by atoms with Crippen LogP contribution in [0.25, 0.3) is 0 Å². The monoisotopic (exact) mass is 306 g/mol. The van der Waals surface area contributed by atoms with Gasteiger partial charge in [-0.1, -0.05) is 0 Å². The number of fused-ring (bicyclic) bond motifs is 1. The molecule has 1 saturated heterocycles. The number of halogens is 2. The molecule has 3 rings (SSSR count). The largest absolute Gasteiger partial charge is 0.492 e. The van der Waals surface area contributed by atoms with Gasteiger partial charge in [0.25, 0.3) is 0 Å². The normalized spacial score (nSPS) is 18.2. The van der Waals surface area contributed by atoms with Gasteiger partial charge in [-0.15, -0.1) is 24.8 Å². The molecular weight excluding hydrogens is 287 g/mol. The molecule has 2 aliphatic heterocycles. The Bertz CT molecular complexity index is 398. The summed E-state index contributed by atoms with van der Waals surface area (Å²) in [6.45, 7) is 6.18. The van der Waals surface area contributed by atoms with Crippen molar-refractivity contribution in [2.75, 3.05) is 44.4 Å². The first-order valence-electron chi connectivity index (χ1n) is 6.22. The molecule has 1 fully saturated rings. The molecule has 0 bridgehead atoms. The molecule has 0 saturated carbocycles. The zero-order valence-corrected chi connectivity index (χ0v) is 12.4. The number of hydrogen-bond donors (Lipinski definition) is 1. The molecule has 1 aromatic rings. The van der Waals surface area contributed by atoms with Crippen LogP contribution in [0.15, 0.2) is 18.2 Å². The Labute approximate surface area is 126 Å². The second-order valence-electron chi connectivity index (χ2n) is 4.42. The molecule has 0 aromatic heterocycles. The summed E-state index contributed by atoms with van der Waals surface area (Å²) >= 11 is 0. The lowest BCUT2D eigenvalue weighted by Crippen LogP contribution is -2.36. The number of ether oxygens (including phenoxy) is 2. The Hall–Kier alpha value is -0.680. The molecule has 1 N–H and O–H groups in total. The maximum absolute atomic E-state index is 5.69. The van der Waals surface area contributed by atoms with Crippen molar-refractivity contribution in [3.8, 4) is 5.75 Å². The zero-order valence-electron chi connectivity index (χ0n) is 10.8. The van der Waals surface area contributed by atoms with E-state index in [0.29, 0.717) is 0 Å². The summed E-state index contributed by atoms with van der Waals surface area (Å²) in [6, 6.07) is 6.47. The highest BCUT2D eigenvalue weighted by Crippen LogP contribution is 2.26. The Kier molecular flexibility index (Phi) is 6.72. The van der Waals surface area contributed by atoms with E-state index in [-0.39, 0.29) is 24.8 Å². The molecule has 4 nitrogen and oxygen atoms in total. The molecule has 0 unspecified atom stereocenters. The third kappa shape index (κ3) is 3.89. The predicted octanol–water partition coefficient (Wildman–Crippen LogP) is 1.85. The van der Waals surface area contributed by atoms with Gasteiger partial charge in [0.05, 0.1) is 13.2 Å². The molecule has 0 radical (unpaired) electrons. The molecule has 0 atom stereocenters. The molecule has 2 aliphatic rings. The second kappa shape index (κ2) is 7.80. The maximum Gasteiger partial charge on any atom is 0.123 e. The number of anilines is 1. The number of benzene rings is 1. The van der Waals surface area contributed by atoms with Crippen molar-refractivity contribution in [1.82, 2.24) is 5.32 Å². The lowest BCUT2D eigenvalue weighted by molar-refractivity contribution is 0.122. The van der Waals surface area contributed by atoms with Gasteiger partial charge in [0.1, 0.15) is 12.4 Å². The van der Waals surface area contributed by atoms with E-state index in [1.165, 1.54) is 11.3 Å². The van der Waals surface area contributed by atoms with Gasteiger partial charge in [-0.3, -0.25) is 0 Å². The molecule has 2 heterocycles. The van der Waals surface area contributed by atoms with E-state index >= 15 is 0 Å². The standard InChI is InChI=1S/C13H18N2O2.2ClH/c1-2-13-11(10-14-3-6-17-13)9-12(1)15-4-7-16-8-5-15;;/h1-2,9,14H,3-8,10H2;2*1H. The smallest absolute Gasteiger partial charge is 0.123 e. The molecule has 108 valence electrons. The van der Waals surface area contributed by atoms with Crippen LogP contribution in [-0.2, 0) is 11.3 Å². The molecule has 19 heavy (non-hydrogen) atoms. The van der Waals surface area contributed by atoms with E-state index < -0.39 is 0 Å². The van der Waals surface area contributed by atoms with Crippen LogP contribution < -0.4 is 15.0 Å². The van der Waals surface area contributed by atoms with E-state index in [2.05, 4.69) is 28.4 Å². The second-order valence-corrected chi connectivity index (χ2v) is 4.42. The highest BCUT2D eigenvalue weighted by atomic mass is 35.5. The molecule has 6 heteroatoms. The third-order valence-corrected chi connectivity index (χ3v) is 3.27. The summed E-state index contributed by atoms with van der Waals surface area (Å²) in [5.74, 6) is 1.02. The lowest BCUT2D eigenvalue weighted by Gasteiger charge is -2.29. The van der Waals surface area contributed by atoms with E-state index in [0.717, 1.165) is 51.7 Å². The SMILES string of the molecule is Cl.Cl.c1cc2c(cc1N1CCOCC1)CNCCO2. The molecule has 0 spiro atoms. The summed E-state index contributed by atoms with van der Waals surface area (Å²) in [5.41, 5.74) is 2.53. The van der Waals surface area contributed by atoms with Gasteiger partial charge in [-0.05, 0) is 18.2 Å². The van der Waals surface area contributed by atoms with Gasteiger partial charge in [0.2, 0.25) is 0 Å². The topological polar surface area (TPSA) is 33.7 Å². The summed E-state index contributed by atoms with van der Waals surface area (Å²) in [6.07, 6.45) is 0. The van der Waals surface area contributed by atoms with Crippen LogP contribution in [0.1, 0.15) is 5.56 Å². The highest BCUT2D eigenvalue weighted by molar-refractivity contribution is 5.85. The van der Waals surface area contributed by atoms with Crippen LogP contribution in [0.4, 0.5) is 5.69 Å². The van der Waals surface area contributed by atoms with E-state index in [1.807, 2.05) is 0 Å². The molecule has 1 aromatic carbocycles. The van der Waals surface area contributed by atoms with Crippen LogP contribution in [0.3, 0.4) is 0 Å². The molecule has 0 aliphatic carbocycles. The van der Waals surface area contributed by atoms with Gasteiger partial charge >= 0.3 is 0 Å². The Morgan fingerprint density at radius 1 is 1.05 bits per heavy atom. The Morgan fingerprint density at radius 2 is 1.84 bits per heavy atom. The fourth-order valence-corrected chi connectivity index (χ4v) is 2.32. The van der Waals surface area contributed by atoms with Gasteiger partial charge in [-0.25, -0.2) is 0 Å². The molecule has 0 amide bonds. The first-order chi connectivity index (χ1) is 8.43. The van der Waals surface area contributed by atoms with Crippen molar-refractivity contribution >= 4 is 30.5 Å². The van der Waals surface area contributed by atoms with Gasteiger partial charge < -0.3 is 19.7 Å². The number of rotatable bonds is 1. The van der Waals surface area contributed by atoms with Gasteiger partial charge in [0.15, 0.2) is 0 Å². The average Bonchev–Trinajstić information content (AvgIpc) is 2.64. The fraction of sp³-hybridized carbons (Fsp3) is 0.538. The minimum atomic E-state index is 0. The number of nitrogens with one attached hydrogen (secondary N) is 1. The number of morpholine rings is 1. The third-order valence-electron chi connectivity index (χ3n) is 3.27. The summed E-state index contributed by atoms with van der Waals surface area (Å²) in [7, 11) is 0. The van der Waals surface area contributed by atoms with E-state index in [1.54, 1.807) is 0 Å². The Morgan fingerprint density at radius 3 is 2.63 bits per heavy atom. The maximum atomic E-state index is 5.69. The molecular formula is C13H20Cl2N2O2. The highest BCUT2D eigenvalue weighted by Gasteiger charge is 2.14. The van der Waals surface area contributed by atoms with Gasteiger partial charge in [-0.2, -0.15) is 0 Å². The predicted molar refractivity (Wildman–Crippen MR) is 81.2 cm³/mol. The van der Waals surface area contributed by atoms with Crippen molar-refractivity contribution in [2.45, 2.75) is 6.54 Å². The van der Waals surface area contributed by atoms with Crippen LogP contribution in [0.2, 0.25) is 0 Å². The number of nitrogens with zero attached hydrogens (tertiary/aromatic N) is 1. The summed E-state index contributed by atoms with van der Waals surface area (Å²) in [4.78, 5) is 2.37. The van der Waals surface area contributed by atoms with E-state index in [9.17, 15) is 0 Å². The minimum absolute atomic E-state index is 0. The van der Waals surface area contributed by atoms with Crippen LogP contribution in [-0.4, -0.2) is 39.5 Å². The first-order valence-corrected chi connectivity index (χ1v) is 6.22. The summed E-state index contributed by atoms with van der Waals surface area (Å²) in [5, 5.41) is 3.37. The van der Waals surface area contributed by atoms with Gasteiger partial charge in [0, 0.05) is 37.4 Å². The van der Waals surface area contributed by atoms with Crippen LogP contribution in [0.5, 0.6) is 5.75 Å². The fourth-order valence-electron chi connectivity index (χ4n) is 2.32. The van der Waals surface area contributed by atoms with Crippen molar-refractivity contribution in [2.24, 2.45) is 0 Å². The summed E-state index contributed by atoms with van der Waals surface area (Å²) < 4.78 is 11.1. The quantitative estimate of drug-likeness (QED) is 0.858. The lowest BCUT2D eigenvalue weighted by atomic mass is 10.1. The first kappa shape index (κ1) is 16.4. The minimum Gasteiger partial charge on any atom is -0.492 e. The zero-order chi connectivity index (χ0) is 11.5. The van der Waals surface area contributed by atoms with Crippen molar-refractivity contribution < 1.29 is 9.47 Å². The van der Waals surface area contributed by atoms with E-state index in [4.69, 9.17) is 9.47 Å². The van der Waals surface area contributed by atoms with Crippen LogP contribution >= 0.6 is 24.8 Å². The van der Waals surface area contributed by atoms with Crippen molar-refractivity contribution in [3.05, 3.63) is 23.8 Å². The van der Waals surface area contributed by atoms with Crippen molar-refractivity contribution in [1.29, 1.82) is 0 Å². The number of hydrogen-bond acceptors (Lipinski definition) is 4. The Balaban J connectivity index is 0.000000902. The average molecular weight is 307 g/mol.